The summed E-state index contributed by atoms with van der Waals surface area (Å²) in [5, 5.41) is 6.63. The van der Waals surface area contributed by atoms with Crippen molar-refractivity contribution in [2.24, 2.45) is 0 Å². The van der Waals surface area contributed by atoms with Crippen molar-refractivity contribution in [2.45, 2.75) is 13.5 Å². The van der Waals surface area contributed by atoms with Crippen molar-refractivity contribution in [3.8, 4) is 11.5 Å². The van der Waals surface area contributed by atoms with Gasteiger partial charge in [0.2, 0.25) is 0 Å². The molecule has 0 spiro atoms. The van der Waals surface area contributed by atoms with E-state index in [9.17, 15) is 4.39 Å². The normalized spacial score (nSPS) is 10.7. The number of nitrogens with one attached hydrogen (secondary N) is 1. The van der Waals surface area contributed by atoms with Crippen LogP contribution in [0, 0.1) is 12.7 Å². The number of nitrogens with zero attached hydrogens (tertiary/aromatic N) is 2. The molecule has 0 atom stereocenters. The molecule has 1 N–H and O–H groups in total. The zero-order chi connectivity index (χ0) is 11.5. The Labute approximate surface area is 92.5 Å². The predicted octanol–water partition coefficient (Wildman–Crippen LogP) is 1.90. The summed E-state index contributed by atoms with van der Waals surface area (Å²) >= 11 is 0. The first-order valence-corrected chi connectivity index (χ1v) is 4.95. The van der Waals surface area contributed by atoms with Gasteiger partial charge in [0, 0.05) is 0 Å². The SMILES string of the molecule is CNCc1noc(-c2cccc(C)c2F)n1. The van der Waals surface area contributed by atoms with E-state index in [1.807, 2.05) is 0 Å². The van der Waals surface area contributed by atoms with Gasteiger partial charge in [-0.25, -0.2) is 4.39 Å². The Morgan fingerprint density at radius 3 is 3.00 bits per heavy atom. The first-order chi connectivity index (χ1) is 7.72. The van der Waals surface area contributed by atoms with E-state index in [4.69, 9.17) is 4.52 Å². The molecular weight excluding hydrogens is 209 g/mol. The summed E-state index contributed by atoms with van der Waals surface area (Å²) in [5.41, 5.74) is 0.903. The van der Waals surface area contributed by atoms with E-state index in [1.165, 1.54) is 0 Å². The molecule has 0 aliphatic rings. The van der Waals surface area contributed by atoms with Gasteiger partial charge >= 0.3 is 0 Å². The van der Waals surface area contributed by atoms with E-state index in [0.29, 0.717) is 23.5 Å². The number of halogens is 1. The lowest BCUT2D eigenvalue weighted by Gasteiger charge is -1.99. The molecule has 0 aliphatic heterocycles. The van der Waals surface area contributed by atoms with Gasteiger partial charge in [-0.3, -0.25) is 0 Å². The standard InChI is InChI=1S/C11H12FN3O/c1-7-4-3-5-8(10(7)12)11-14-9(6-13-2)15-16-11/h3-5,13H,6H2,1-2H3. The molecular formula is C11H12FN3O. The van der Waals surface area contributed by atoms with Crippen LogP contribution in [0.3, 0.4) is 0 Å². The maximum atomic E-state index is 13.7. The van der Waals surface area contributed by atoms with Crippen LogP contribution in [0.1, 0.15) is 11.4 Å². The molecule has 0 radical (unpaired) electrons. The Hall–Kier alpha value is -1.75. The van der Waals surface area contributed by atoms with Crippen molar-refractivity contribution in [3.05, 3.63) is 35.4 Å². The highest BCUT2D eigenvalue weighted by atomic mass is 19.1. The van der Waals surface area contributed by atoms with Gasteiger partial charge in [-0.05, 0) is 25.6 Å². The summed E-state index contributed by atoms with van der Waals surface area (Å²) in [6, 6.07) is 5.08. The van der Waals surface area contributed by atoms with Gasteiger partial charge in [-0.15, -0.1) is 0 Å². The smallest absolute Gasteiger partial charge is 0.260 e. The number of aryl methyl sites for hydroxylation is 1. The molecule has 2 rings (SSSR count). The van der Waals surface area contributed by atoms with Crippen LogP contribution in [0.25, 0.3) is 11.5 Å². The molecule has 0 unspecified atom stereocenters. The van der Waals surface area contributed by atoms with Crippen molar-refractivity contribution in [3.63, 3.8) is 0 Å². The quantitative estimate of drug-likeness (QED) is 0.860. The maximum absolute atomic E-state index is 13.7. The first kappa shape index (κ1) is 10.8. The van der Waals surface area contributed by atoms with E-state index in [0.717, 1.165) is 0 Å². The lowest BCUT2D eigenvalue weighted by atomic mass is 10.1. The number of hydrogen-bond donors (Lipinski definition) is 1. The van der Waals surface area contributed by atoms with Crippen LogP contribution < -0.4 is 5.32 Å². The lowest BCUT2D eigenvalue weighted by molar-refractivity contribution is 0.418. The fourth-order valence-electron chi connectivity index (χ4n) is 1.41. The third kappa shape index (κ3) is 1.94. The minimum absolute atomic E-state index is 0.214. The molecule has 1 aromatic carbocycles. The highest BCUT2D eigenvalue weighted by molar-refractivity contribution is 5.55. The highest BCUT2D eigenvalue weighted by Crippen LogP contribution is 2.22. The average Bonchev–Trinajstić information content (AvgIpc) is 2.71. The molecule has 16 heavy (non-hydrogen) atoms. The summed E-state index contributed by atoms with van der Waals surface area (Å²) in [7, 11) is 1.78. The minimum Gasteiger partial charge on any atom is -0.334 e. The zero-order valence-corrected chi connectivity index (χ0v) is 9.12. The molecule has 1 aromatic heterocycles. The number of benzene rings is 1. The number of rotatable bonds is 3. The lowest BCUT2D eigenvalue weighted by Crippen LogP contribution is -2.06. The summed E-state index contributed by atoms with van der Waals surface area (Å²) in [4.78, 5) is 4.09. The van der Waals surface area contributed by atoms with Crippen molar-refractivity contribution in [1.29, 1.82) is 0 Å². The van der Waals surface area contributed by atoms with E-state index < -0.39 is 0 Å². The molecule has 4 nitrogen and oxygen atoms in total. The molecule has 0 fully saturated rings. The third-order valence-corrected chi connectivity index (χ3v) is 2.23. The van der Waals surface area contributed by atoms with Crippen molar-refractivity contribution < 1.29 is 8.91 Å². The van der Waals surface area contributed by atoms with Crippen LogP contribution in [0.5, 0.6) is 0 Å². The fourth-order valence-corrected chi connectivity index (χ4v) is 1.41. The Bertz CT molecular complexity index is 496. The van der Waals surface area contributed by atoms with Crippen LogP contribution in [-0.4, -0.2) is 17.2 Å². The summed E-state index contributed by atoms with van der Waals surface area (Å²) in [5.74, 6) is 0.409. The minimum atomic E-state index is -0.317. The largest absolute Gasteiger partial charge is 0.334 e. The molecule has 84 valence electrons. The molecule has 0 amide bonds. The van der Waals surface area contributed by atoms with E-state index in [-0.39, 0.29) is 11.7 Å². The van der Waals surface area contributed by atoms with Gasteiger partial charge in [0.25, 0.3) is 5.89 Å². The Morgan fingerprint density at radius 1 is 1.44 bits per heavy atom. The van der Waals surface area contributed by atoms with E-state index in [1.54, 1.807) is 32.2 Å². The fraction of sp³-hybridized carbons (Fsp3) is 0.273. The molecule has 2 aromatic rings. The van der Waals surface area contributed by atoms with Crippen molar-refractivity contribution in [2.75, 3.05) is 7.05 Å². The molecule has 5 heteroatoms. The van der Waals surface area contributed by atoms with Gasteiger partial charge in [0.05, 0.1) is 12.1 Å². The van der Waals surface area contributed by atoms with E-state index >= 15 is 0 Å². The monoisotopic (exact) mass is 221 g/mol. The summed E-state index contributed by atoms with van der Waals surface area (Å²) < 4.78 is 18.7. The van der Waals surface area contributed by atoms with Gasteiger partial charge < -0.3 is 9.84 Å². The predicted molar refractivity (Wildman–Crippen MR) is 57.2 cm³/mol. The zero-order valence-electron chi connectivity index (χ0n) is 9.12. The molecule has 1 heterocycles. The van der Waals surface area contributed by atoms with Crippen LogP contribution in [0.2, 0.25) is 0 Å². The topological polar surface area (TPSA) is 51.0 Å². The maximum Gasteiger partial charge on any atom is 0.260 e. The van der Waals surface area contributed by atoms with Crippen LogP contribution >= 0.6 is 0 Å². The Morgan fingerprint density at radius 2 is 2.25 bits per heavy atom. The van der Waals surface area contributed by atoms with Crippen LogP contribution in [-0.2, 0) is 6.54 Å². The Balaban J connectivity index is 2.39. The second kappa shape index (κ2) is 4.40. The molecule has 0 saturated carbocycles. The highest BCUT2D eigenvalue weighted by Gasteiger charge is 2.13. The van der Waals surface area contributed by atoms with Gasteiger partial charge in [0.15, 0.2) is 5.82 Å². The second-order valence-electron chi connectivity index (χ2n) is 3.48. The second-order valence-corrected chi connectivity index (χ2v) is 3.48. The number of hydrogen-bond acceptors (Lipinski definition) is 4. The van der Waals surface area contributed by atoms with Crippen LogP contribution in [0.4, 0.5) is 4.39 Å². The first-order valence-electron chi connectivity index (χ1n) is 4.95. The molecule has 0 saturated heterocycles. The summed E-state index contributed by atoms with van der Waals surface area (Å²) in [6.45, 7) is 2.20. The Kier molecular flexibility index (Phi) is 2.96. The average molecular weight is 221 g/mol. The molecule has 0 bridgehead atoms. The van der Waals surface area contributed by atoms with E-state index in [2.05, 4.69) is 15.5 Å². The van der Waals surface area contributed by atoms with Gasteiger partial charge in [-0.2, -0.15) is 4.98 Å². The van der Waals surface area contributed by atoms with Gasteiger partial charge in [-0.1, -0.05) is 17.3 Å². The third-order valence-electron chi connectivity index (χ3n) is 2.23. The van der Waals surface area contributed by atoms with Crippen molar-refractivity contribution >= 4 is 0 Å². The van der Waals surface area contributed by atoms with Gasteiger partial charge in [0.1, 0.15) is 5.82 Å². The van der Waals surface area contributed by atoms with Crippen molar-refractivity contribution in [1.82, 2.24) is 15.5 Å². The number of aromatic nitrogens is 2. The van der Waals surface area contributed by atoms with Crippen LogP contribution in [0.15, 0.2) is 22.7 Å². The molecule has 0 aliphatic carbocycles. The summed E-state index contributed by atoms with van der Waals surface area (Å²) in [6.07, 6.45) is 0.